The zero-order valence-electron chi connectivity index (χ0n) is 4.66. The van der Waals surface area contributed by atoms with Crippen LogP contribution >= 0.6 is 0 Å². The van der Waals surface area contributed by atoms with E-state index in [0.717, 1.165) is 5.75 Å². The van der Waals surface area contributed by atoms with Gasteiger partial charge in [0.1, 0.15) is 5.75 Å². The molecule has 0 fully saturated rings. The van der Waals surface area contributed by atoms with Gasteiger partial charge >= 0.3 is 29.6 Å². The number of ether oxygens (including phenoxy) is 1. The van der Waals surface area contributed by atoms with E-state index in [-0.39, 0.29) is 29.6 Å². The quantitative estimate of drug-likeness (QED) is 0.518. The third-order valence-electron chi connectivity index (χ3n) is 0.870. The molecule has 3 heteroatoms. The van der Waals surface area contributed by atoms with Crippen molar-refractivity contribution in [2.75, 3.05) is 7.11 Å². The molecule has 0 amide bonds. The van der Waals surface area contributed by atoms with Gasteiger partial charge in [-0.3, -0.25) is 4.98 Å². The molecule has 0 spiro atoms. The van der Waals surface area contributed by atoms with Crippen molar-refractivity contribution in [3.63, 3.8) is 0 Å². The number of methoxy groups -OCH3 is 1. The van der Waals surface area contributed by atoms with Crippen LogP contribution in [0.5, 0.6) is 5.75 Å². The van der Waals surface area contributed by atoms with Gasteiger partial charge in [0.2, 0.25) is 0 Å². The number of nitrogens with zero attached hydrogens (tertiary/aromatic N) is 1. The number of aromatic nitrogens is 1. The van der Waals surface area contributed by atoms with E-state index in [1.807, 2.05) is 12.1 Å². The Balaban J connectivity index is 0.000000640. The standard InChI is InChI=1S/C6H7NO.Na.H/c1-8-6-3-2-4-7-5-6;;/h2-5H,1H3;;. The molecule has 0 atom stereocenters. The first-order chi connectivity index (χ1) is 3.93. The minimum atomic E-state index is 0. The third kappa shape index (κ3) is 2.84. The van der Waals surface area contributed by atoms with Crippen LogP contribution in [0.2, 0.25) is 0 Å². The zero-order valence-corrected chi connectivity index (χ0v) is 4.66. The molecule has 2 nitrogen and oxygen atoms in total. The molecule has 0 aromatic carbocycles. The maximum atomic E-state index is 4.85. The van der Waals surface area contributed by atoms with Gasteiger partial charge in [0.25, 0.3) is 0 Å². The molecule has 1 aromatic heterocycles. The Hall–Kier alpha value is -0.0500. The first kappa shape index (κ1) is 8.95. The van der Waals surface area contributed by atoms with E-state index in [1.165, 1.54) is 0 Å². The Morgan fingerprint density at radius 1 is 1.56 bits per heavy atom. The fourth-order valence-electron chi connectivity index (χ4n) is 0.468. The summed E-state index contributed by atoms with van der Waals surface area (Å²) >= 11 is 0. The van der Waals surface area contributed by atoms with Gasteiger partial charge in [-0.2, -0.15) is 0 Å². The van der Waals surface area contributed by atoms with E-state index in [2.05, 4.69) is 4.98 Å². The van der Waals surface area contributed by atoms with Gasteiger partial charge in [-0.05, 0) is 12.1 Å². The van der Waals surface area contributed by atoms with Crippen LogP contribution < -0.4 is 4.74 Å². The average Bonchev–Trinajstić information content (AvgIpc) is 1.90. The summed E-state index contributed by atoms with van der Waals surface area (Å²) in [6.45, 7) is 0. The van der Waals surface area contributed by atoms with Crippen LogP contribution in [0.3, 0.4) is 0 Å². The van der Waals surface area contributed by atoms with E-state index in [4.69, 9.17) is 4.74 Å². The van der Waals surface area contributed by atoms with Crippen molar-refractivity contribution >= 4 is 29.6 Å². The Kier molecular flexibility index (Phi) is 4.77. The first-order valence-electron chi connectivity index (χ1n) is 2.37. The third-order valence-corrected chi connectivity index (χ3v) is 0.870. The average molecular weight is 133 g/mol. The molecule has 0 aliphatic heterocycles. The van der Waals surface area contributed by atoms with Crippen molar-refractivity contribution in [1.29, 1.82) is 0 Å². The van der Waals surface area contributed by atoms with E-state index in [9.17, 15) is 0 Å². The van der Waals surface area contributed by atoms with Crippen molar-refractivity contribution in [1.82, 2.24) is 4.98 Å². The summed E-state index contributed by atoms with van der Waals surface area (Å²) in [6.07, 6.45) is 3.38. The fourth-order valence-corrected chi connectivity index (χ4v) is 0.468. The summed E-state index contributed by atoms with van der Waals surface area (Å²) < 4.78 is 4.85. The van der Waals surface area contributed by atoms with E-state index in [1.54, 1.807) is 19.5 Å². The topological polar surface area (TPSA) is 22.1 Å². The number of hydrogen-bond acceptors (Lipinski definition) is 2. The second kappa shape index (κ2) is 4.79. The molecule has 44 valence electrons. The van der Waals surface area contributed by atoms with Crippen LogP contribution in [0.1, 0.15) is 0 Å². The fraction of sp³-hybridized carbons (Fsp3) is 0.167. The summed E-state index contributed by atoms with van der Waals surface area (Å²) in [4.78, 5) is 3.83. The molecule has 0 radical (unpaired) electrons. The molecule has 0 saturated carbocycles. The summed E-state index contributed by atoms with van der Waals surface area (Å²) in [6, 6.07) is 3.69. The van der Waals surface area contributed by atoms with Crippen LogP contribution in [0.4, 0.5) is 0 Å². The van der Waals surface area contributed by atoms with Crippen molar-refractivity contribution < 1.29 is 4.74 Å². The number of pyridine rings is 1. The van der Waals surface area contributed by atoms with Gasteiger partial charge in [0.15, 0.2) is 0 Å². The Morgan fingerprint density at radius 2 is 2.33 bits per heavy atom. The van der Waals surface area contributed by atoms with Crippen LogP contribution in [0, 0.1) is 0 Å². The van der Waals surface area contributed by atoms with Gasteiger partial charge in [0.05, 0.1) is 13.3 Å². The molecular weight excluding hydrogens is 125 g/mol. The molecule has 1 aromatic rings. The first-order valence-corrected chi connectivity index (χ1v) is 2.37. The summed E-state index contributed by atoms with van der Waals surface area (Å²) in [7, 11) is 1.62. The second-order valence-electron chi connectivity index (χ2n) is 1.39. The van der Waals surface area contributed by atoms with Gasteiger partial charge < -0.3 is 4.74 Å². The van der Waals surface area contributed by atoms with E-state index >= 15 is 0 Å². The molecule has 1 heterocycles. The van der Waals surface area contributed by atoms with Crippen molar-refractivity contribution in [3.05, 3.63) is 24.5 Å². The van der Waals surface area contributed by atoms with E-state index < -0.39 is 0 Å². The Labute approximate surface area is 76.5 Å². The van der Waals surface area contributed by atoms with Crippen LogP contribution in [0.25, 0.3) is 0 Å². The molecule has 0 aliphatic carbocycles. The predicted octanol–water partition coefficient (Wildman–Crippen LogP) is 0.442. The van der Waals surface area contributed by atoms with Gasteiger partial charge in [-0.15, -0.1) is 0 Å². The SMILES string of the molecule is COc1cccnc1.[NaH]. The molecule has 0 saturated heterocycles. The molecular formula is C6H8NNaO. The van der Waals surface area contributed by atoms with E-state index in [0.29, 0.717) is 0 Å². The van der Waals surface area contributed by atoms with Crippen LogP contribution in [-0.2, 0) is 0 Å². The monoisotopic (exact) mass is 133 g/mol. The zero-order chi connectivity index (χ0) is 5.82. The van der Waals surface area contributed by atoms with Gasteiger partial charge in [-0.1, -0.05) is 0 Å². The summed E-state index contributed by atoms with van der Waals surface area (Å²) in [5, 5.41) is 0. The number of rotatable bonds is 1. The van der Waals surface area contributed by atoms with Crippen molar-refractivity contribution in [2.24, 2.45) is 0 Å². The van der Waals surface area contributed by atoms with Crippen molar-refractivity contribution in [2.45, 2.75) is 0 Å². The van der Waals surface area contributed by atoms with Crippen LogP contribution in [-0.4, -0.2) is 41.7 Å². The summed E-state index contributed by atoms with van der Waals surface area (Å²) in [5.74, 6) is 0.799. The Morgan fingerprint density at radius 3 is 2.67 bits per heavy atom. The maximum absolute atomic E-state index is 4.85. The predicted molar refractivity (Wildman–Crippen MR) is 37.9 cm³/mol. The molecule has 0 bridgehead atoms. The number of hydrogen-bond donors (Lipinski definition) is 0. The van der Waals surface area contributed by atoms with Crippen LogP contribution in [0.15, 0.2) is 24.5 Å². The van der Waals surface area contributed by atoms with Crippen molar-refractivity contribution in [3.8, 4) is 5.75 Å². The second-order valence-corrected chi connectivity index (χ2v) is 1.39. The molecule has 0 aliphatic rings. The molecule has 0 unspecified atom stereocenters. The normalized spacial score (nSPS) is 7.67. The van der Waals surface area contributed by atoms with Gasteiger partial charge in [-0.25, -0.2) is 0 Å². The molecule has 1 rings (SSSR count). The minimum absolute atomic E-state index is 0. The summed E-state index contributed by atoms with van der Waals surface area (Å²) in [5.41, 5.74) is 0. The van der Waals surface area contributed by atoms with Gasteiger partial charge in [0, 0.05) is 6.20 Å². The Bertz CT molecular complexity index is 154. The molecule has 9 heavy (non-hydrogen) atoms. The molecule has 0 N–H and O–H groups in total.